The molecule has 0 amide bonds. The molecule has 0 radical (unpaired) electrons. The summed E-state index contributed by atoms with van der Waals surface area (Å²) in [6.07, 6.45) is 0.924. The lowest BCUT2D eigenvalue weighted by Gasteiger charge is -2.06. The minimum Gasteiger partial charge on any atom is -0.478 e. The number of carbonyl (C=O) groups is 1. The van der Waals surface area contributed by atoms with Crippen molar-refractivity contribution in [1.29, 1.82) is 0 Å². The summed E-state index contributed by atoms with van der Waals surface area (Å²) in [5.74, 6) is -0.524. The first-order valence-corrected chi connectivity index (χ1v) is 5.30. The number of carboxylic acids is 1. The van der Waals surface area contributed by atoms with E-state index in [0.29, 0.717) is 12.4 Å². The van der Waals surface area contributed by atoms with Gasteiger partial charge in [-0.1, -0.05) is 11.6 Å². The van der Waals surface area contributed by atoms with Gasteiger partial charge in [-0.2, -0.15) is 0 Å². The zero-order chi connectivity index (χ0) is 12.0. The molecule has 0 aliphatic rings. The second-order valence-corrected chi connectivity index (χ2v) is 3.64. The van der Waals surface area contributed by atoms with Crippen molar-refractivity contribution in [3.8, 4) is 0 Å². The molecule has 1 rings (SSSR count). The van der Waals surface area contributed by atoms with Crippen LogP contribution in [0.3, 0.4) is 0 Å². The molecule has 0 unspecified atom stereocenters. The summed E-state index contributed by atoms with van der Waals surface area (Å²) in [6, 6.07) is 2.79. The van der Waals surface area contributed by atoms with Gasteiger partial charge in [0.15, 0.2) is 0 Å². The average Bonchev–Trinajstić information content (AvgIpc) is 2.23. The van der Waals surface area contributed by atoms with E-state index in [-0.39, 0.29) is 10.7 Å². The number of nitrogens with one attached hydrogen (secondary N) is 2. The summed E-state index contributed by atoms with van der Waals surface area (Å²) < 4.78 is 0. The Bertz CT molecular complexity index is 371. The van der Waals surface area contributed by atoms with Crippen molar-refractivity contribution < 1.29 is 9.90 Å². The van der Waals surface area contributed by atoms with Crippen LogP contribution in [0, 0.1) is 0 Å². The predicted molar refractivity (Wildman–Crippen MR) is 63.2 cm³/mol. The highest BCUT2D eigenvalue weighted by Gasteiger charge is 2.06. The van der Waals surface area contributed by atoms with Gasteiger partial charge in [0.25, 0.3) is 0 Å². The monoisotopic (exact) mass is 243 g/mol. The molecule has 1 aromatic heterocycles. The maximum atomic E-state index is 10.8. The Labute approximate surface area is 98.8 Å². The molecule has 6 heteroatoms. The van der Waals surface area contributed by atoms with E-state index in [1.165, 1.54) is 12.1 Å². The number of hydrogen-bond acceptors (Lipinski definition) is 4. The van der Waals surface area contributed by atoms with Gasteiger partial charge in [0.1, 0.15) is 11.0 Å². The van der Waals surface area contributed by atoms with Gasteiger partial charge in [0, 0.05) is 6.54 Å². The van der Waals surface area contributed by atoms with Gasteiger partial charge in [-0.15, -0.1) is 0 Å². The molecule has 5 nitrogen and oxygen atoms in total. The molecule has 0 atom stereocenters. The van der Waals surface area contributed by atoms with Crippen molar-refractivity contribution in [1.82, 2.24) is 10.3 Å². The second kappa shape index (κ2) is 6.30. The third-order valence-electron chi connectivity index (χ3n) is 1.95. The quantitative estimate of drug-likeness (QED) is 0.521. The molecule has 3 N–H and O–H groups in total. The number of pyridine rings is 1. The van der Waals surface area contributed by atoms with E-state index in [0.717, 1.165) is 13.0 Å². The molecule has 1 heterocycles. The topological polar surface area (TPSA) is 74.2 Å². The van der Waals surface area contributed by atoms with E-state index < -0.39 is 5.97 Å². The van der Waals surface area contributed by atoms with Gasteiger partial charge >= 0.3 is 5.97 Å². The van der Waals surface area contributed by atoms with Crippen molar-refractivity contribution in [2.75, 3.05) is 25.5 Å². The molecule has 0 spiro atoms. The molecule has 16 heavy (non-hydrogen) atoms. The van der Waals surface area contributed by atoms with Crippen molar-refractivity contribution in [2.45, 2.75) is 6.42 Å². The van der Waals surface area contributed by atoms with Crippen LogP contribution in [0.4, 0.5) is 5.82 Å². The lowest BCUT2D eigenvalue weighted by Crippen LogP contribution is -2.13. The van der Waals surface area contributed by atoms with Crippen LogP contribution in [0.2, 0.25) is 5.15 Å². The van der Waals surface area contributed by atoms with Crippen molar-refractivity contribution in [3.05, 3.63) is 22.8 Å². The fraction of sp³-hybridized carbons (Fsp3) is 0.400. The van der Waals surface area contributed by atoms with Crippen molar-refractivity contribution in [2.24, 2.45) is 0 Å². The number of rotatable bonds is 6. The molecule has 0 saturated carbocycles. The molecule has 0 aromatic carbocycles. The highest BCUT2D eigenvalue weighted by Crippen LogP contribution is 2.14. The normalized spacial score (nSPS) is 10.1. The average molecular weight is 244 g/mol. The summed E-state index contributed by atoms with van der Waals surface area (Å²) >= 11 is 5.71. The van der Waals surface area contributed by atoms with E-state index in [4.69, 9.17) is 16.7 Å². The number of carboxylic acid groups (broad SMARTS) is 1. The SMILES string of the molecule is CNCCCNc1cc(C(=O)O)cc(Cl)n1. The standard InChI is InChI=1S/C10H14ClN3O2/c1-12-3-2-4-13-9-6-7(10(15)16)5-8(11)14-9/h5-6,12H,2-4H2,1H3,(H,13,14)(H,15,16). The highest BCUT2D eigenvalue weighted by atomic mass is 35.5. The first kappa shape index (κ1) is 12.7. The summed E-state index contributed by atoms with van der Waals surface area (Å²) in [5, 5.41) is 15.0. The Hall–Kier alpha value is -1.33. The summed E-state index contributed by atoms with van der Waals surface area (Å²) in [6.45, 7) is 1.60. The fourth-order valence-electron chi connectivity index (χ4n) is 1.19. The second-order valence-electron chi connectivity index (χ2n) is 3.25. The molecule has 0 bridgehead atoms. The van der Waals surface area contributed by atoms with Gasteiger partial charge < -0.3 is 15.7 Å². The zero-order valence-corrected chi connectivity index (χ0v) is 9.71. The number of hydrogen-bond donors (Lipinski definition) is 3. The zero-order valence-electron chi connectivity index (χ0n) is 8.96. The van der Waals surface area contributed by atoms with E-state index in [2.05, 4.69) is 15.6 Å². The Kier molecular flexibility index (Phi) is 5.01. The third-order valence-corrected chi connectivity index (χ3v) is 2.14. The third kappa shape index (κ3) is 4.04. The predicted octanol–water partition coefficient (Wildman–Crippen LogP) is 1.45. The number of aromatic carboxylic acids is 1. The van der Waals surface area contributed by atoms with Crippen LogP contribution >= 0.6 is 11.6 Å². The summed E-state index contributed by atoms with van der Waals surface area (Å²) in [4.78, 5) is 14.7. The Morgan fingerprint density at radius 1 is 1.50 bits per heavy atom. The molecular formula is C10H14ClN3O2. The Balaban J connectivity index is 2.62. The molecule has 1 aromatic rings. The van der Waals surface area contributed by atoms with E-state index in [1.807, 2.05) is 7.05 Å². The molecular weight excluding hydrogens is 230 g/mol. The lowest BCUT2D eigenvalue weighted by atomic mass is 10.2. The van der Waals surface area contributed by atoms with Crippen molar-refractivity contribution >= 4 is 23.4 Å². The maximum absolute atomic E-state index is 10.8. The van der Waals surface area contributed by atoms with Crippen LogP contribution in [-0.4, -0.2) is 36.2 Å². The molecule has 88 valence electrons. The first-order valence-electron chi connectivity index (χ1n) is 4.93. The van der Waals surface area contributed by atoms with Gasteiger partial charge in [0.2, 0.25) is 0 Å². The van der Waals surface area contributed by atoms with Crippen LogP contribution in [0.25, 0.3) is 0 Å². The van der Waals surface area contributed by atoms with Crippen LogP contribution in [0.15, 0.2) is 12.1 Å². The number of nitrogens with zero attached hydrogens (tertiary/aromatic N) is 1. The van der Waals surface area contributed by atoms with Crippen molar-refractivity contribution in [3.63, 3.8) is 0 Å². The van der Waals surface area contributed by atoms with E-state index in [9.17, 15) is 4.79 Å². The van der Waals surface area contributed by atoms with E-state index in [1.54, 1.807) is 0 Å². The number of aromatic nitrogens is 1. The summed E-state index contributed by atoms with van der Waals surface area (Å²) in [5.41, 5.74) is 0.135. The summed E-state index contributed by atoms with van der Waals surface area (Å²) in [7, 11) is 1.88. The Morgan fingerprint density at radius 2 is 2.25 bits per heavy atom. The van der Waals surface area contributed by atoms with Crippen LogP contribution in [-0.2, 0) is 0 Å². The minimum atomic E-state index is -1.01. The smallest absolute Gasteiger partial charge is 0.335 e. The van der Waals surface area contributed by atoms with Gasteiger partial charge in [0.05, 0.1) is 5.56 Å². The largest absolute Gasteiger partial charge is 0.478 e. The molecule has 0 fully saturated rings. The maximum Gasteiger partial charge on any atom is 0.335 e. The van der Waals surface area contributed by atoms with Crippen LogP contribution in [0.1, 0.15) is 16.8 Å². The van der Waals surface area contributed by atoms with Crippen LogP contribution < -0.4 is 10.6 Å². The first-order chi connectivity index (χ1) is 7.63. The number of halogens is 1. The van der Waals surface area contributed by atoms with Gasteiger partial charge in [-0.3, -0.25) is 0 Å². The molecule has 0 saturated heterocycles. The molecule has 0 aliphatic carbocycles. The number of anilines is 1. The highest BCUT2D eigenvalue weighted by molar-refractivity contribution is 6.29. The van der Waals surface area contributed by atoms with E-state index >= 15 is 0 Å². The lowest BCUT2D eigenvalue weighted by molar-refractivity contribution is 0.0697. The molecule has 0 aliphatic heterocycles. The van der Waals surface area contributed by atoms with Gasteiger partial charge in [-0.25, -0.2) is 9.78 Å². The van der Waals surface area contributed by atoms with Crippen LogP contribution in [0.5, 0.6) is 0 Å². The Morgan fingerprint density at radius 3 is 2.88 bits per heavy atom. The minimum absolute atomic E-state index is 0.135. The van der Waals surface area contributed by atoms with Gasteiger partial charge in [-0.05, 0) is 32.1 Å². The fourth-order valence-corrected chi connectivity index (χ4v) is 1.40.